The molecule has 2 aromatic rings. The molecule has 248 valence electrons. The quantitative estimate of drug-likeness (QED) is 0.430. The fourth-order valence-corrected chi connectivity index (χ4v) is 9.42. The molecule has 3 fully saturated rings. The van der Waals surface area contributed by atoms with Crippen molar-refractivity contribution < 1.29 is 23.3 Å². The lowest BCUT2D eigenvalue weighted by molar-refractivity contribution is -0.302. The van der Waals surface area contributed by atoms with Crippen LogP contribution in [0.2, 0.25) is 0 Å². The van der Waals surface area contributed by atoms with Gasteiger partial charge in [0.05, 0.1) is 5.92 Å². The van der Waals surface area contributed by atoms with E-state index in [4.69, 9.17) is 8.92 Å². The molecule has 7 atom stereocenters. The number of benzene rings is 1. The Morgan fingerprint density at radius 2 is 2.11 bits per heavy atom. The zero-order chi connectivity index (χ0) is 32.7. The number of hydrogen-bond donors (Lipinski definition) is 2. The molecule has 4 aliphatic heterocycles. The Bertz CT molecular complexity index is 1730. The van der Waals surface area contributed by atoms with E-state index >= 15 is 0 Å². The third kappa shape index (κ3) is 4.53. The number of aromatic nitrogens is 1. The number of hydrogen-bond acceptors (Lipinski definition) is 7. The molecule has 0 bridgehead atoms. The van der Waals surface area contributed by atoms with E-state index in [1.54, 1.807) is 11.2 Å². The first-order valence-corrected chi connectivity index (χ1v) is 18.1. The Labute approximate surface area is 279 Å². The van der Waals surface area contributed by atoms with Gasteiger partial charge in [-0.15, -0.1) is 0 Å². The predicted molar refractivity (Wildman–Crippen MR) is 180 cm³/mol. The van der Waals surface area contributed by atoms with Crippen LogP contribution in [0.3, 0.4) is 0 Å². The summed E-state index contributed by atoms with van der Waals surface area (Å²) in [6, 6.07) is 5.19. The Hall–Kier alpha value is -3.38. The first-order chi connectivity index (χ1) is 22.7. The maximum atomic E-state index is 15.0. The van der Waals surface area contributed by atoms with Crippen LogP contribution in [0.5, 0.6) is 0 Å². The Kier molecular flexibility index (Phi) is 7.47. The number of nitrogens with one attached hydrogen (secondary N) is 2. The van der Waals surface area contributed by atoms with Crippen LogP contribution in [-0.2, 0) is 29.7 Å². The van der Waals surface area contributed by atoms with Gasteiger partial charge in [0.25, 0.3) is 11.8 Å². The molecule has 0 radical (unpaired) electrons. The van der Waals surface area contributed by atoms with Crippen LogP contribution >= 0.6 is 12.0 Å². The minimum Gasteiger partial charge on any atom is -0.361 e. The van der Waals surface area contributed by atoms with Crippen LogP contribution in [-0.4, -0.2) is 93.6 Å². The van der Waals surface area contributed by atoms with Gasteiger partial charge in [-0.25, -0.2) is 0 Å². The van der Waals surface area contributed by atoms with Gasteiger partial charge in [-0.05, 0) is 79.9 Å². The summed E-state index contributed by atoms with van der Waals surface area (Å²) in [6.45, 7) is 4.87. The van der Waals surface area contributed by atoms with Crippen LogP contribution in [0.25, 0.3) is 16.5 Å². The van der Waals surface area contributed by atoms with Crippen LogP contribution < -0.4 is 5.32 Å². The molecular formula is C36H43N5O5S. The number of nitrogens with zero attached hydrogens (tertiary/aromatic N) is 3. The van der Waals surface area contributed by atoms with E-state index in [0.29, 0.717) is 25.9 Å². The molecule has 5 heterocycles. The SMILES string of the molecule is CSOC12OC(NC(=O)C3C=C4c5cccc6[nH]cc(c56)CC4N(C)C3)(C(C)C)C(=O)N1C(CC1C=CC=CC1)C(=O)N1CCCC12. The molecular weight excluding hydrogens is 614 g/mol. The average molecular weight is 658 g/mol. The number of likely N-dealkylation sites (N-methyl/N-ethyl adjacent to an activating group) is 1. The molecule has 2 aliphatic carbocycles. The van der Waals surface area contributed by atoms with E-state index in [0.717, 1.165) is 48.0 Å². The molecule has 10 nitrogen and oxygen atoms in total. The summed E-state index contributed by atoms with van der Waals surface area (Å²) in [6.07, 6.45) is 17.7. The third-order valence-corrected chi connectivity index (χ3v) is 11.7. The van der Waals surface area contributed by atoms with Gasteiger partial charge < -0.3 is 15.2 Å². The summed E-state index contributed by atoms with van der Waals surface area (Å²) >= 11 is 1.13. The first kappa shape index (κ1) is 30.9. The lowest BCUT2D eigenvalue weighted by Gasteiger charge is -2.51. The highest BCUT2D eigenvalue weighted by atomic mass is 32.2. The second kappa shape index (κ2) is 11.4. The minimum absolute atomic E-state index is 0.0705. The van der Waals surface area contributed by atoms with Crippen molar-refractivity contribution in [3.8, 4) is 0 Å². The van der Waals surface area contributed by atoms with Crippen molar-refractivity contribution in [2.75, 3.05) is 26.4 Å². The predicted octanol–water partition coefficient (Wildman–Crippen LogP) is 4.21. The molecule has 3 saturated heterocycles. The molecule has 8 rings (SSSR count). The van der Waals surface area contributed by atoms with Gasteiger partial charge in [0.2, 0.25) is 17.5 Å². The van der Waals surface area contributed by atoms with E-state index < -0.39 is 41.5 Å². The van der Waals surface area contributed by atoms with E-state index in [1.165, 1.54) is 10.9 Å². The van der Waals surface area contributed by atoms with Gasteiger partial charge >= 0.3 is 0 Å². The van der Waals surface area contributed by atoms with Gasteiger partial charge in [0.15, 0.2) is 0 Å². The molecule has 2 N–H and O–H groups in total. The number of rotatable bonds is 7. The van der Waals surface area contributed by atoms with E-state index in [-0.39, 0.29) is 23.8 Å². The Morgan fingerprint density at radius 3 is 2.87 bits per heavy atom. The number of H-pyrrole nitrogens is 1. The number of amides is 3. The van der Waals surface area contributed by atoms with Crippen molar-refractivity contribution in [2.45, 2.75) is 75.7 Å². The van der Waals surface area contributed by atoms with Gasteiger partial charge in [-0.3, -0.25) is 33.1 Å². The Morgan fingerprint density at radius 1 is 1.26 bits per heavy atom. The summed E-state index contributed by atoms with van der Waals surface area (Å²) in [5.41, 5.74) is 2.95. The fourth-order valence-electron chi connectivity index (χ4n) is 8.95. The van der Waals surface area contributed by atoms with Crippen LogP contribution in [0.1, 0.15) is 50.7 Å². The van der Waals surface area contributed by atoms with Crippen LogP contribution in [0, 0.1) is 17.8 Å². The average Bonchev–Trinajstić information content (AvgIpc) is 3.78. The highest BCUT2D eigenvalue weighted by Crippen LogP contribution is 2.52. The highest BCUT2D eigenvalue weighted by molar-refractivity contribution is 7.93. The maximum Gasteiger partial charge on any atom is 0.289 e. The normalized spacial score (nSPS) is 34.6. The number of carbonyl (C=O) groups is 3. The van der Waals surface area contributed by atoms with E-state index in [1.807, 2.05) is 30.9 Å². The molecule has 47 heavy (non-hydrogen) atoms. The molecule has 0 saturated carbocycles. The van der Waals surface area contributed by atoms with Crippen molar-refractivity contribution in [3.63, 3.8) is 0 Å². The van der Waals surface area contributed by atoms with Crippen molar-refractivity contribution >= 4 is 46.2 Å². The monoisotopic (exact) mass is 657 g/mol. The second-order valence-corrected chi connectivity index (χ2v) is 14.7. The second-order valence-electron chi connectivity index (χ2n) is 14.2. The van der Waals surface area contributed by atoms with Crippen molar-refractivity contribution in [1.82, 2.24) is 25.0 Å². The van der Waals surface area contributed by atoms with E-state index in [2.05, 4.69) is 64.9 Å². The largest absolute Gasteiger partial charge is 0.361 e. The lowest BCUT2D eigenvalue weighted by Crippen LogP contribution is -2.71. The van der Waals surface area contributed by atoms with Gasteiger partial charge in [-0.2, -0.15) is 0 Å². The van der Waals surface area contributed by atoms with Crippen LogP contribution in [0.4, 0.5) is 0 Å². The number of aromatic amines is 1. The molecule has 1 aromatic heterocycles. The van der Waals surface area contributed by atoms with Crippen molar-refractivity contribution in [1.29, 1.82) is 0 Å². The maximum absolute atomic E-state index is 15.0. The van der Waals surface area contributed by atoms with Gasteiger partial charge in [0, 0.05) is 48.4 Å². The summed E-state index contributed by atoms with van der Waals surface area (Å²) in [4.78, 5) is 52.6. The lowest BCUT2D eigenvalue weighted by atomic mass is 9.79. The number of ether oxygens (including phenoxy) is 1. The van der Waals surface area contributed by atoms with Crippen LogP contribution in [0.15, 0.2) is 54.8 Å². The highest BCUT2D eigenvalue weighted by Gasteiger charge is 2.73. The van der Waals surface area contributed by atoms with Gasteiger partial charge in [-0.1, -0.05) is 56.4 Å². The topological polar surface area (TPSA) is 107 Å². The molecule has 1 aromatic carbocycles. The fraction of sp³-hybridized carbons (Fsp3) is 0.528. The molecule has 3 amide bonds. The van der Waals surface area contributed by atoms with Crippen molar-refractivity contribution in [2.24, 2.45) is 17.8 Å². The summed E-state index contributed by atoms with van der Waals surface area (Å²) in [5.74, 6) is -3.14. The zero-order valence-corrected chi connectivity index (χ0v) is 28.2. The van der Waals surface area contributed by atoms with Gasteiger partial charge in [0.1, 0.15) is 12.1 Å². The third-order valence-electron chi connectivity index (χ3n) is 11.3. The zero-order valence-electron chi connectivity index (χ0n) is 27.4. The van der Waals surface area contributed by atoms with Crippen molar-refractivity contribution in [3.05, 3.63) is 65.9 Å². The summed E-state index contributed by atoms with van der Waals surface area (Å²) < 4.78 is 13.4. The standard InChI is InChI=1S/C36H43N5O5S/c1-21(2)35(38-32(42)24-17-26-25-12-8-13-27-31(25)23(19-37-27)18-28(26)39(3)20-24)34(44)41-29(16-22-10-6-5-7-11-22)33(43)40-15-9-14-30(40)36(41,45-35)46-47-4/h5-8,10,12-13,17,19,21-22,24,28-30,37H,9,11,14-16,18,20H2,1-4H3,(H,38,42). The molecule has 11 heteroatoms. The molecule has 7 unspecified atom stereocenters. The van der Waals surface area contributed by atoms with E-state index in [9.17, 15) is 14.4 Å². The Balaban J connectivity index is 1.16. The smallest absolute Gasteiger partial charge is 0.289 e. The number of piperazine rings is 1. The summed E-state index contributed by atoms with van der Waals surface area (Å²) in [5, 5.41) is 4.36. The number of allylic oxidation sites excluding steroid dienone is 4. The summed E-state index contributed by atoms with van der Waals surface area (Å²) in [7, 11) is 2.06. The minimum atomic E-state index is -1.71. The first-order valence-electron chi connectivity index (χ1n) is 16.9. The number of carbonyl (C=O) groups excluding carboxylic acids is 3. The number of fused-ring (bicyclic) bond motifs is 5. The molecule has 0 spiro atoms. The molecule has 6 aliphatic rings.